The highest BCUT2D eigenvalue weighted by atomic mass is 16.2. The van der Waals surface area contributed by atoms with Crippen LogP contribution in [0.1, 0.15) is 44.8 Å². The summed E-state index contributed by atoms with van der Waals surface area (Å²) in [6.45, 7) is 2.09. The third-order valence-electron chi connectivity index (χ3n) is 5.21. The molecule has 2 aromatic carbocycles. The van der Waals surface area contributed by atoms with Gasteiger partial charge in [0.25, 0.3) is 17.6 Å². The summed E-state index contributed by atoms with van der Waals surface area (Å²) in [6.07, 6.45) is 2.08. The molecule has 6 heteroatoms. The van der Waals surface area contributed by atoms with E-state index in [0.29, 0.717) is 22.9 Å². The van der Waals surface area contributed by atoms with Crippen molar-refractivity contribution in [3.8, 4) is 0 Å². The largest absolute Gasteiger partial charge is 0.358 e. The van der Waals surface area contributed by atoms with Crippen LogP contribution in [0.15, 0.2) is 48.5 Å². The molecule has 2 amide bonds. The summed E-state index contributed by atoms with van der Waals surface area (Å²) >= 11 is 0. The molecular formula is C23H23N3O3. The highest BCUT2D eigenvalue weighted by Gasteiger charge is 2.26. The molecule has 1 saturated carbocycles. The first-order valence-corrected chi connectivity index (χ1v) is 9.71. The Morgan fingerprint density at radius 1 is 1.07 bits per heavy atom. The zero-order chi connectivity index (χ0) is 20.5. The summed E-state index contributed by atoms with van der Waals surface area (Å²) in [5.41, 5.74) is 3.39. The van der Waals surface area contributed by atoms with Crippen LogP contribution in [-0.4, -0.2) is 40.6 Å². The molecule has 0 radical (unpaired) electrons. The fourth-order valence-electron chi connectivity index (χ4n) is 3.45. The number of hydrogen-bond acceptors (Lipinski definition) is 3. The van der Waals surface area contributed by atoms with Gasteiger partial charge in [-0.3, -0.25) is 14.4 Å². The van der Waals surface area contributed by atoms with Gasteiger partial charge in [-0.2, -0.15) is 0 Å². The summed E-state index contributed by atoms with van der Waals surface area (Å²) in [7, 11) is 1.61. The van der Waals surface area contributed by atoms with Crippen molar-refractivity contribution >= 4 is 28.5 Å². The second-order valence-corrected chi connectivity index (χ2v) is 7.61. The van der Waals surface area contributed by atoms with Gasteiger partial charge in [0.1, 0.15) is 0 Å². The van der Waals surface area contributed by atoms with Crippen molar-refractivity contribution in [2.24, 2.45) is 0 Å². The van der Waals surface area contributed by atoms with Gasteiger partial charge in [-0.05, 0) is 43.5 Å². The first-order chi connectivity index (χ1) is 13.9. The number of fused-ring (bicyclic) bond motifs is 1. The zero-order valence-electron chi connectivity index (χ0n) is 16.5. The minimum absolute atomic E-state index is 0.0755. The van der Waals surface area contributed by atoms with Gasteiger partial charge in [0.15, 0.2) is 0 Å². The molecular weight excluding hydrogens is 366 g/mol. The maximum Gasteiger partial charge on any atom is 0.295 e. The molecule has 1 aliphatic carbocycles. The lowest BCUT2D eigenvalue weighted by Crippen LogP contribution is -2.33. The van der Waals surface area contributed by atoms with Crippen molar-refractivity contribution in [1.82, 2.24) is 15.2 Å². The maximum atomic E-state index is 12.9. The van der Waals surface area contributed by atoms with E-state index in [0.717, 1.165) is 29.3 Å². The van der Waals surface area contributed by atoms with Gasteiger partial charge in [0, 0.05) is 41.8 Å². The van der Waals surface area contributed by atoms with E-state index in [1.165, 1.54) is 4.90 Å². The Morgan fingerprint density at radius 2 is 1.76 bits per heavy atom. The SMILES string of the molecule is Cc1[nH]c2ccccc2c1C(=O)C(=O)N(C)Cc1ccc(C(=O)NC2CC2)cc1. The number of carbonyl (C=O) groups is 3. The van der Waals surface area contributed by atoms with E-state index < -0.39 is 11.7 Å². The number of amides is 2. The monoisotopic (exact) mass is 389 g/mol. The topological polar surface area (TPSA) is 82.3 Å². The summed E-state index contributed by atoms with van der Waals surface area (Å²) in [5, 5.41) is 3.70. The number of aryl methyl sites for hydroxylation is 1. The number of H-pyrrole nitrogens is 1. The molecule has 4 rings (SSSR count). The summed E-state index contributed by atoms with van der Waals surface area (Å²) in [5.74, 6) is -1.16. The number of nitrogens with one attached hydrogen (secondary N) is 2. The lowest BCUT2D eigenvalue weighted by molar-refractivity contribution is -0.125. The minimum Gasteiger partial charge on any atom is -0.358 e. The van der Waals surface area contributed by atoms with Crippen molar-refractivity contribution in [2.75, 3.05) is 7.05 Å². The molecule has 0 bridgehead atoms. The summed E-state index contributed by atoms with van der Waals surface area (Å²) in [6, 6.07) is 14.9. The predicted molar refractivity (Wildman–Crippen MR) is 111 cm³/mol. The molecule has 29 heavy (non-hydrogen) atoms. The van der Waals surface area contributed by atoms with Crippen molar-refractivity contribution in [2.45, 2.75) is 32.4 Å². The maximum absolute atomic E-state index is 12.9. The highest BCUT2D eigenvalue weighted by molar-refractivity contribution is 6.45. The Labute approximate surface area is 168 Å². The zero-order valence-corrected chi connectivity index (χ0v) is 16.5. The van der Waals surface area contributed by atoms with Crippen molar-refractivity contribution < 1.29 is 14.4 Å². The van der Waals surface area contributed by atoms with E-state index in [-0.39, 0.29) is 12.5 Å². The van der Waals surface area contributed by atoms with Gasteiger partial charge in [-0.25, -0.2) is 0 Å². The van der Waals surface area contributed by atoms with Crippen LogP contribution < -0.4 is 5.32 Å². The van der Waals surface area contributed by atoms with E-state index in [1.807, 2.05) is 36.4 Å². The molecule has 0 unspecified atom stereocenters. The normalized spacial score (nSPS) is 13.3. The molecule has 0 saturated heterocycles. The molecule has 0 spiro atoms. The number of para-hydroxylation sites is 1. The molecule has 1 heterocycles. The number of rotatable bonds is 6. The lowest BCUT2D eigenvalue weighted by atomic mass is 10.1. The number of carbonyl (C=O) groups excluding carboxylic acids is 3. The molecule has 3 aromatic rings. The van der Waals surface area contributed by atoms with Crippen LogP contribution >= 0.6 is 0 Å². The first-order valence-electron chi connectivity index (χ1n) is 9.71. The fourth-order valence-corrected chi connectivity index (χ4v) is 3.45. The lowest BCUT2D eigenvalue weighted by Gasteiger charge is -2.17. The smallest absolute Gasteiger partial charge is 0.295 e. The average molecular weight is 389 g/mol. The number of aromatic nitrogens is 1. The molecule has 0 atom stereocenters. The van der Waals surface area contributed by atoms with E-state index in [4.69, 9.17) is 0 Å². The van der Waals surface area contributed by atoms with Crippen molar-refractivity contribution in [3.05, 3.63) is 70.9 Å². The number of nitrogens with zero attached hydrogens (tertiary/aromatic N) is 1. The molecule has 2 N–H and O–H groups in total. The second kappa shape index (κ2) is 7.54. The van der Waals surface area contributed by atoms with Gasteiger partial charge in [0.05, 0.1) is 5.56 Å². The molecule has 6 nitrogen and oxygen atoms in total. The Morgan fingerprint density at radius 3 is 2.45 bits per heavy atom. The van der Waals surface area contributed by atoms with Crippen LogP contribution in [0, 0.1) is 6.92 Å². The number of likely N-dealkylation sites (N-methyl/N-ethyl adjacent to an activating group) is 1. The number of hydrogen-bond donors (Lipinski definition) is 2. The van der Waals surface area contributed by atoms with Gasteiger partial charge >= 0.3 is 0 Å². The molecule has 1 aliphatic rings. The molecule has 0 aliphatic heterocycles. The fraction of sp³-hybridized carbons (Fsp3) is 0.261. The summed E-state index contributed by atoms with van der Waals surface area (Å²) in [4.78, 5) is 42.2. The third-order valence-corrected chi connectivity index (χ3v) is 5.21. The Kier molecular flexibility index (Phi) is 4.92. The van der Waals surface area contributed by atoms with Crippen LogP contribution in [-0.2, 0) is 11.3 Å². The van der Waals surface area contributed by atoms with E-state index >= 15 is 0 Å². The number of benzene rings is 2. The van der Waals surface area contributed by atoms with Gasteiger partial charge in [-0.15, -0.1) is 0 Å². The van der Waals surface area contributed by atoms with Gasteiger partial charge < -0.3 is 15.2 Å². The van der Waals surface area contributed by atoms with Crippen LogP contribution in [0.5, 0.6) is 0 Å². The summed E-state index contributed by atoms with van der Waals surface area (Å²) < 4.78 is 0. The second-order valence-electron chi connectivity index (χ2n) is 7.61. The average Bonchev–Trinajstić information content (AvgIpc) is 3.46. The predicted octanol–water partition coefficient (Wildman–Crippen LogP) is 3.21. The Bertz CT molecular complexity index is 1090. The number of ketones is 1. The van der Waals surface area contributed by atoms with E-state index in [9.17, 15) is 14.4 Å². The molecule has 1 aromatic heterocycles. The standard InChI is InChI=1S/C23H23N3O3/c1-14-20(18-5-3-4-6-19(18)24-14)21(27)23(29)26(2)13-15-7-9-16(10-8-15)22(28)25-17-11-12-17/h3-10,17,24H,11-13H2,1-2H3,(H,25,28). The minimum atomic E-state index is -0.562. The Hall–Kier alpha value is -3.41. The van der Waals surface area contributed by atoms with Crippen molar-refractivity contribution in [1.29, 1.82) is 0 Å². The van der Waals surface area contributed by atoms with Crippen LogP contribution in [0.25, 0.3) is 10.9 Å². The van der Waals surface area contributed by atoms with Crippen LogP contribution in [0.4, 0.5) is 0 Å². The first kappa shape index (κ1) is 18.9. The van der Waals surface area contributed by atoms with E-state index in [1.54, 1.807) is 26.1 Å². The van der Waals surface area contributed by atoms with Crippen molar-refractivity contribution in [3.63, 3.8) is 0 Å². The van der Waals surface area contributed by atoms with E-state index in [2.05, 4.69) is 10.3 Å². The highest BCUT2D eigenvalue weighted by Crippen LogP contribution is 2.23. The van der Waals surface area contributed by atoms with Gasteiger partial charge in [0.2, 0.25) is 0 Å². The van der Waals surface area contributed by atoms with Crippen LogP contribution in [0.3, 0.4) is 0 Å². The molecule has 148 valence electrons. The number of aromatic amines is 1. The number of Topliss-reactive ketones (excluding diaryl/α,β-unsaturated/α-hetero) is 1. The van der Waals surface area contributed by atoms with Crippen LogP contribution in [0.2, 0.25) is 0 Å². The third kappa shape index (κ3) is 3.92. The van der Waals surface area contributed by atoms with Gasteiger partial charge in [-0.1, -0.05) is 30.3 Å². The quantitative estimate of drug-likeness (QED) is 0.502. The Balaban J connectivity index is 1.45. The molecule has 1 fully saturated rings.